The Hall–Kier alpha value is -10.1. The molecule has 0 saturated carbocycles. The molecular weight excluding hydrogens is 1460 g/mol. The molecule has 41 nitrogen and oxygen atoms in total. The number of hydrogen-bond acceptors (Lipinski definition) is 27. The Morgan fingerprint density at radius 3 is 2.36 bits per heavy atom. The van der Waals surface area contributed by atoms with Crippen LogP contribution in [0, 0.1) is 11.8 Å². The predicted octanol–water partition coefficient (Wildman–Crippen LogP) is 6.61. The lowest BCUT2D eigenvalue weighted by molar-refractivity contribution is -0.126. The molecule has 7 unspecified atom stereocenters. The van der Waals surface area contributed by atoms with E-state index in [9.17, 15) is 57.8 Å². The fourth-order valence-corrected chi connectivity index (χ4v) is 13.4. The van der Waals surface area contributed by atoms with Gasteiger partial charge in [-0.1, -0.05) is 28.1 Å². The Kier molecular flexibility index (Phi) is 29.1. The summed E-state index contributed by atoms with van der Waals surface area (Å²) in [5.41, 5.74) is 25.8. The number of carbonyl (C=O) groups is 5. The summed E-state index contributed by atoms with van der Waals surface area (Å²) in [5, 5.41) is 21.3. The normalized spacial score (nSPS) is 16.0. The Bertz CT molecular complexity index is 4690. The Morgan fingerprint density at radius 1 is 0.868 bits per heavy atom. The monoisotopic (exact) mass is 1540 g/mol. The van der Waals surface area contributed by atoms with Crippen molar-refractivity contribution in [3.63, 3.8) is 0 Å². The molecule has 1 aliphatic heterocycles. The van der Waals surface area contributed by atoms with Crippen molar-refractivity contribution in [1.82, 2.24) is 46.1 Å². The quantitative estimate of drug-likeness (QED) is 0.00370. The van der Waals surface area contributed by atoms with Gasteiger partial charge in [0.05, 0.1) is 43.4 Å². The molecule has 3 aromatic carbocycles. The first-order valence-electron chi connectivity index (χ1n) is 32.4. The second-order valence-corrected chi connectivity index (χ2v) is 28.2. The molecule has 0 aliphatic carbocycles. The zero-order chi connectivity index (χ0) is 76.8. The first-order chi connectivity index (χ1) is 50.4. The van der Waals surface area contributed by atoms with Crippen LogP contribution in [0.1, 0.15) is 92.8 Å². The second kappa shape index (κ2) is 37.8. The largest absolute Gasteiger partial charge is 0.491 e. The van der Waals surface area contributed by atoms with E-state index in [2.05, 4.69) is 86.9 Å². The lowest BCUT2D eigenvalue weighted by Crippen LogP contribution is -2.49. The van der Waals surface area contributed by atoms with Gasteiger partial charge in [0.1, 0.15) is 84.1 Å². The lowest BCUT2D eigenvalue weighted by Gasteiger charge is -2.23. The number of fused-ring (bicyclic) bond motifs is 3. The molecule has 7 atom stereocenters. The third-order valence-corrected chi connectivity index (χ3v) is 18.8. The van der Waals surface area contributed by atoms with Crippen molar-refractivity contribution < 1.29 is 108 Å². The third-order valence-electron chi connectivity index (χ3n) is 15.0. The van der Waals surface area contributed by atoms with Gasteiger partial charge in [0.25, 0.3) is 11.8 Å². The minimum absolute atomic E-state index is 0.00784. The number of phosphoric acid groups is 3. The van der Waals surface area contributed by atoms with Crippen LogP contribution in [-0.2, 0) is 60.1 Å². The fourth-order valence-electron chi connectivity index (χ4n) is 10.4. The molecule has 11 N–H and O–H groups in total. The van der Waals surface area contributed by atoms with Gasteiger partial charge >= 0.3 is 35.2 Å². The molecule has 0 radical (unpaired) electrons. The molecule has 1 saturated heterocycles. The smallest absolute Gasteiger partial charge is 0.490 e. The molecule has 0 spiro atoms. The number of nitrogens with one attached hydrogen (secondary N) is 5. The number of ether oxygens (including phenoxy) is 6. The minimum atomic E-state index is -5.84. The van der Waals surface area contributed by atoms with Crippen LogP contribution in [0.3, 0.4) is 0 Å². The zero-order valence-corrected chi connectivity index (χ0v) is 60.2. The molecule has 4 aromatic heterocycles. The predicted molar refractivity (Wildman–Crippen MR) is 374 cm³/mol. The van der Waals surface area contributed by atoms with Crippen molar-refractivity contribution in [3.8, 4) is 29.0 Å². The van der Waals surface area contributed by atoms with Gasteiger partial charge in [0.2, 0.25) is 17.7 Å². The van der Waals surface area contributed by atoms with E-state index in [1.165, 1.54) is 22.9 Å². The molecule has 5 amide bonds. The van der Waals surface area contributed by atoms with Gasteiger partial charge in [-0.2, -0.15) is 8.62 Å². The summed E-state index contributed by atoms with van der Waals surface area (Å²) in [7, 11) is -17.1. The van der Waals surface area contributed by atoms with Crippen LogP contribution in [0.25, 0.3) is 65.4 Å². The number of phosphoric ester groups is 1. The van der Waals surface area contributed by atoms with Gasteiger partial charge in [0.15, 0.2) is 11.8 Å². The van der Waals surface area contributed by atoms with E-state index >= 15 is 0 Å². The molecule has 8 rings (SSSR count). The van der Waals surface area contributed by atoms with Crippen LogP contribution in [-0.4, -0.2) is 178 Å². The maximum absolute atomic E-state index is 13.5. The van der Waals surface area contributed by atoms with Crippen LogP contribution in [0.5, 0.6) is 5.75 Å². The van der Waals surface area contributed by atoms with Gasteiger partial charge in [-0.25, -0.2) is 38.2 Å². The highest BCUT2D eigenvalue weighted by molar-refractivity contribution is 7.66. The highest BCUT2D eigenvalue weighted by Crippen LogP contribution is 2.66. The van der Waals surface area contributed by atoms with Crippen LogP contribution >= 0.6 is 23.5 Å². The van der Waals surface area contributed by atoms with Gasteiger partial charge in [-0.15, -0.1) is 0 Å². The van der Waals surface area contributed by atoms with Crippen molar-refractivity contribution in [3.05, 3.63) is 127 Å². The Labute approximate surface area is 602 Å². The first kappa shape index (κ1) is 81.6. The van der Waals surface area contributed by atoms with Gasteiger partial charge in [-0.3, -0.25) is 23.7 Å². The van der Waals surface area contributed by atoms with Gasteiger partial charge in [0, 0.05) is 83.4 Å². The standard InChI is InChI=1S/C62H76N17O24P3/c1-6-78(7-2)41-18-16-37-27-43(60(84)100-47(37)29-41)59-73-45-28-39(17-19-46(45)99-59)57(82)67-20-9-8-15-44(74-61(85)101-62(3,4)5)58(83)69-23-22-68-56(81)38-12-10-14-42(26-38)95-34-51(75-77-65)94-25-24-93-33-50(80)66-21-11-13-40-31-79(55-53(40)54(63)70-35-71-55)52-30-48(96-36-72-76-64)49(98-52)32-97-105(89,90)103-106(91,92)102-104(86,87)88/h10,12,14,16-19,26-29,31,35,44,48-49,51-52H,6-9,15,20-25,30,32-34,36H2,1-5H3,(H,66,80)(H,67,82)(H,68,81)(H,69,83)(H,74,85)(H,89,90)(H,91,92)(H2,63,70,71)(H2,86,87,88). The summed E-state index contributed by atoms with van der Waals surface area (Å²) in [6, 6.07) is 17.0. The second-order valence-electron chi connectivity index (χ2n) is 23.8. The van der Waals surface area contributed by atoms with E-state index in [1.807, 2.05) is 32.0 Å². The van der Waals surface area contributed by atoms with Crippen LogP contribution in [0.2, 0.25) is 0 Å². The van der Waals surface area contributed by atoms with Crippen LogP contribution < -0.4 is 47.6 Å². The molecule has 7 aromatic rings. The maximum Gasteiger partial charge on any atom is 0.490 e. The number of azide groups is 2. The number of benzene rings is 3. The zero-order valence-electron chi connectivity index (χ0n) is 57.5. The number of aromatic nitrogens is 4. The van der Waals surface area contributed by atoms with Crippen LogP contribution in [0.4, 0.5) is 16.3 Å². The van der Waals surface area contributed by atoms with Crippen LogP contribution in [0.15, 0.2) is 103 Å². The number of alkyl carbamates (subject to hydrolysis) is 1. The highest BCUT2D eigenvalue weighted by Gasteiger charge is 2.44. The first-order valence-corrected chi connectivity index (χ1v) is 36.9. The SMILES string of the molecule is CCN(CC)c1ccc2cc(-c3nc4cc(C(=O)NCCCCC(NC(=O)OC(C)(C)C)C(=O)NCCNC(=O)c5cccc(OCC(N=[N+]=[N-])OCCOCC(=O)NCC#Cc6cn(C7CC(OCN=[N+]=[N-])C(COP(=O)(O)OP(=O)(O)OP(=O)(O)O)O7)c7ncnc(N)c67)c5)ccc4o3)c(=O)oc2c1. The van der Waals surface area contributed by atoms with Crippen molar-refractivity contribution >= 4 is 97.8 Å². The summed E-state index contributed by atoms with van der Waals surface area (Å²) in [6.45, 7) is 8.14. The van der Waals surface area contributed by atoms with Gasteiger partial charge in [-0.05, 0) is 120 Å². The average molecular weight is 1540 g/mol. The van der Waals surface area contributed by atoms with Crippen molar-refractivity contribution in [2.45, 2.75) is 96.6 Å². The number of rotatable bonds is 38. The van der Waals surface area contributed by atoms with E-state index in [-0.39, 0.29) is 110 Å². The van der Waals surface area contributed by atoms with Crippen molar-refractivity contribution in [2.24, 2.45) is 10.2 Å². The highest BCUT2D eigenvalue weighted by atomic mass is 31.3. The number of unbranched alkanes of at least 4 members (excludes halogenated alkanes) is 1. The number of hydrogen-bond donors (Lipinski definition) is 10. The minimum Gasteiger partial charge on any atom is -0.491 e. The summed E-state index contributed by atoms with van der Waals surface area (Å²) < 4.78 is 94.4. The summed E-state index contributed by atoms with van der Waals surface area (Å²) in [6.07, 6.45) is -1.88. The number of nitrogens with two attached hydrogens (primary N) is 1. The molecule has 1 fully saturated rings. The number of oxazole rings is 1. The maximum atomic E-state index is 13.5. The molecule has 0 bridgehead atoms. The molecule has 44 heteroatoms. The van der Waals surface area contributed by atoms with E-state index in [0.717, 1.165) is 25.1 Å². The molecule has 106 heavy (non-hydrogen) atoms. The number of nitrogens with zero attached hydrogens (tertiary/aromatic N) is 11. The third kappa shape index (κ3) is 24.5. The Morgan fingerprint density at radius 2 is 1.62 bits per heavy atom. The topological polar surface area (TPSA) is 574 Å². The number of anilines is 2. The van der Waals surface area contributed by atoms with E-state index in [4.69, 9.17) is 62.8 Å². The number of carbonyl (C=O) groups excluding carboxylic acids is 5. The summed E-state index contributed by atoms with van der Waals surface area (Å²) in [4.78, 5) is 136. The van der Waals surface area contributed by atoms with Gasteiger partial charge < -0.3 is 98.6 Å². The van der Waals surface area contributed by atoms with E-state index in [0.29, 0.717) is 34.9 Å². The summed E-state index contributed by atoms with van der Waals surface area (Å²) in [5.74, 6) is 3.82. The van der Waals surface area contributed by atoms with Crippen molar-refractivity contribution in [2.75, 3.05) is 89.7 Å². The van der Waals surface area contributed by atoms with Crippen molar-refractivity contribution in [1.29, 1.82) is 0 Å². The van der Waals surface area contributed by atoms with E-state index in [1.54, 1.807) is 57.2 Å². The van der Waals surface area contributed by atoms with E-state index < -0.39 is 115 Å². The number of amides is 5. The Balaban J connectivity index is 0.738. The molecule has 5 heterocycles. The summed E-state index contributed by atoms with van der Waals surface area (Å²) >= 11 is 0. The lowest BCUT2D eigenvalue weighted by atomic mass is 10.1. The number of nitrogen functional groups attached to an aromatic ring is 1. The molecule has 1 aliphatic rings. The fraction of sp³-hybridized carbons (Fsp3) is 0.435. The molecular formula is C62H76N17O24P3. The molecule has 568 valence electrons. The average Bonchev–Trinajstić information content (AvgIpc) is 1.60.